The average molecular weight is 241 g/mol. The van der Waals surface area contributed by atoms with Crippen molar-refractivity contribution in [3.63, 3.8) is 0 Å². The summed E-state index contributed by atoms with van der Waals surface area (Å²) in [5.41, 5.74) is 1.17. The summed E-state index contributed by atoms with van der Waals surface area (Å²) in [7, 11) is 0. The van der Waals surface area contributed by atoms with Crippen LogP contribution < -0.4 is 0 Å². The molecule has 1 heterocycles. The largest absolute Gasteiger partial charge is 0.257 e. The SMILES string of the molecule is Brc1cnc(C2CCCCC2)cn1. The van der Waals surface area contributed by atoms with Crippen molar-refractivity contribution < 1.29 is 0 Å². The second kappa shape index (κ2) is 4.18. The Bertz CT molecular complexity index is 265. The first kappa shape index (κ1) is 9.13. The van der Waals surface area contributed by atoms with Crippen molar-refractivity contribution in [3.05, 3.63) is 22.7 Å². The van der Waals surface area contributed by atoms with Gasteiger partial charge in [-0.25, -0.2) is 4.98 Å². The molecule has 1 aliphatic carbocycles. The monoisotopic (exact) mass is 240 g/mol. The Morgan fingerprint density at radius 1 is 1.08 bits per heavy atom. The van der Waals surface area contributed by atoms with Gasteiger partial charge in [0.2, 0.25) is 0 Å². The lowest BCUT2D eigenvalue weighted by Gasteiger charge is -2.20. The molecule has 0 saturated heterocycles. The third kappa shape index (κ3) is 2.27. The van der Waals surface area contributed by atoms with E-state index in [-0.39, 0.29) is 0 Å². The predicted molar refractivity (Wildman–Crippen MR) is 55.6 cm³/mol. The Morgan fingerprint density at radius 2 is 1.85 bits per heavy atom. The van der Waals surface area contributed by atoms with Gasteiger partial charge in [-0.05, 0) is 28.8 Å². The Kier molecular flexibility index (Phi) is 2.94. The molecule has 13 heavy (non-hydrogen) atoms. The van der Waals surface area contributed by atoms with Crippen LogP contribution in [0.4, 0.5) is 0 Å². The lowest BCUT2D eigenvalue weighted by atomic mass is 9.87. The summed E-state index contributed by atoms with van der Waals surface area (Å²) in [6.07, 6.45) is 10.4. The number of hydrogen-bond acceptors (Lipinski definition) is 2. The second-order valence-electron chi connectivity index (χ2n) is 3.60. The third-order valence-corrected chi connectivity index (χ3v) is 3.07. The van der Waals surface area contributed by atoms with Gasteiger partial charge in [-0.1, -0.05) is 19.3 Å². The van der Waals surface area contributed by atoms with Crippen LogP contribution in [-0.4, -0.2) is 9.97 Å². The van der Waals surface area contributed by atoms with E-state index in [9.17, 15) is 0 Å². The number of halogens is 1. The van der Waals surface area contributed by atoms with E-state index in [4.69, 9.17) is 0 Å². The number of hydrogen-bond donors (Lipinski definition) is 0. The molecule has 0 N–H and O–H groups in total. The number of rotatable bonds is 1. The van der Waals surface area contributed by atoms with E-state index in [1.54, 1.807) is 6.20 Å². The van der Waals surface area contributed by atoms with Crippen LogP contribution in [0.15, 0.2) is 17.0 Å². The molecule has 0 unspecified atom stereocenters. The summed E-state index contributed by atoms with van der Waals surface area (Å²) in [5.74, 6) is 0.661. The van der Waals surface area contributed by atoms with Crippen LogP contribution in [-0.2, 0) is 0 Å². The lowest BCUT2D eigenvalue weighted by Crippen LogP contribution is -2.06. The van der Waals surface area contributed by atoms with Crippen molar-refractivity contribution >= 4 is 15.9 Å². The minimum Gasteiger partial charge on any atom is -0.257 e. The van der Waals surface area contributed by atoms with E-state index in [0.717, 1.165) is 4.60 Å². The molecule has 1 saturated carbocycles. The Labute approximate surface area is 86.9 Å². The summed E-state index contributed by atoms with van der Waals surface area (Å²) in [4.78, 5) is 8.60. The molecule has 0 bridgehead atoms. The molecule has 2 nitrogen and oxygen atoms in total. The van der Waals surface area contributed by atoms with Crippen LogP contribution in [0.5, 0.6) is 0 Å². The molecule has 1 aliphatic rings. The summed E-state index contributed by atoms with van der Waals surface area (Å²) < 4.78 is 0.826. The van der Waals surface area contributed by atoms with E-state index >= 15 is 0 Å². The van der Waals surface area contributed by atoms with Crippen molar-refractivity contribution in [2.45, 2.75) is 38.0 Å². The fourth-order valence-electron chi connectivity index (χ4n) is 1.93. The maximum absolute atomic E-state index is 4.39. The molecule has 3 heteroatoms. The predicted octanol–water partition coefficient (Wildman–Crippen LogP) is 3.29. The normalized spacial score (nSPS) is 18.8. The zero-order valence-corrected chi connectivity index (χ0v) is 9.13. The molecule has 0 atom stereocenters. The number of aromatic nitrogens is 2. The molecule has 1 aromatic heterocycles. The maximum Gasteiger partial charge on any atom is 0.124 e. The summed E-state index contributed by atoms with van der Waals surface area (Å²) in [5, 5.41) is 0. The second-order valence-corrected chi connectivity index (χ2v) is 4.41. The van der Waals surface area contributed by atoms with Crippen LogP contribution in [0.25, 0.3) is 0 Å². The molecule has 0 aliphatic heterocycles. The Morgan fingerprint density at radius 3 is 2.46 bits per heavy atom. The van der Waals surface area contributed by atoms with E-state index < -0.39 is 0 Å². The van der Waals surface area contributed by atoms with Gasteiger partial charge in [0.15, 0.2) is 0 Å². The van der Waals surface area contributed by atoms with Crippen LogP contribution in [0, 0.1) is 0 Å². The first-order valence-corrected chi connectivity index (χ1v) is 5.63. The van der Waals surface area contributed by atoms with Gasteiger partial charge >= 0.3 is 0 Å². The molecular formula is C10H13BrN2. The van der Waals surface area contributed by atoms with Crippen molar-refractivity contribution in [1.82, 2.24) is 9.97 Å². The minimum absolute atomic E-state index is 0.661. The lowest BCUT2D eigenvalue weighted by molar-refractivity contribution is 0.435. The quantitative estimate of drug-likeness (QED) is 0.753. The molecule has 1 aromatic rings. The topological polar surface area (TPSA) is 25.8 Å². The van der Waals surface area contributed by atoms with Gasteiger partial charge in [0.05, 0.1) is 11.9 Å². The van der Waals surface area contributed by atoms with Gasteiger partial charge in [0.1, 0.15) is 4.60 Å². The van der Waals surface area contributed by atoms with Crippen molar-refractivity contribution in [2.24, 2.45) is 0 Å². The molecular weight excluding hydrogens is 228 g/mol. The molecule has 1 fully saturated rings. The smallest absolute Gasteiger partial charge is 0.124 e. The fourth-order valence-corrected chi connectivity index (χ4v) is 2.14. The first-order chi connectivity index (χ1) is 6.36. The van der Waals surface area contributed by atoms with Gasteiger partial charge in [0.25, 0.3) is 0 Å². The molecule has 0 aromatic carbocycles. The van der Waals surface area contributed by atoms with Crippen LogP contribution >= 0.6 is 15.9 Å². The fraction of sp³-hybridized carbons (Fsp3) is 0.600. The maximum atomic E-state index is 4.39. The zero-order valence-electron chi connectivity index (χ0n) is 7.54. The van der Waals surface area contributed by atoms with E-state index in [1.165, 1.54) is 37.8 Å². The summed E-state index contributed by atoms with van der Waals surface area (Å²) >= 11 is 3.30. The van der Waals surface area contributed by atoms with Gasteiger partial charge in [0, 0.05) is 12.1 Å². The molecule has 70 valence electrons. The van der Waals surface area contributed by atoms with Gasteiger partial charge in [-0.3, -0.25) is 4.98 Å². The van der Waals surface area contributed by atoms with E-state index in [2.05, 4.69) is 25.9 Å². The van der Waals surface area contributed by atoms with Crippen LogP contribution in [0.3, 0.4) is 0 Å². The average Bonchev–Trinajstić information content (AvgIpc) is 2.20. The van der Waals surface area contributed by atoms with Crippen molar-refractivity contribution in [1.29, 1.82) is 0 Å². The molecule has 0 amide bonds. The standard InChI is InChI=1S/C10H13BrN2/c11-10-7-12-9(6-13-10)8-4-2-1-3-5-8/h6-8H,1-5H2. The van der Waals surface area contributed by atoms with Gasteiger partial charge < -0.3 is 0 Å². The molecule has 2 rings (SSSR count). The van der Waals surface area contributed by atoms with E-state index in [1.807, 2.05) is 6.20 Å². The highest BCUT2D eigenvalue weighted by Gasteiger charge is 2.16. The van der Waals surface area contributed by atoms with Crippen molar-refractivity contribution in [3.8, 4) is 0 Å². The molecule has 0 radical (unpaired) electrons. The Balaban J connectivity index is 2.10. The highest BCUT2D eigenvalue weighted by molar-refractivity contribution is 9.10. The van der Waals surface area contributed by atoms with Gasteiger partial charge in [-0.15, -0.1) is 0 Å². The first-order valence-electron chi connectivity index (χ1n) is 4.84. The highest BCUT2D eigenvalue weighted by Crippen LogP contribution is 2.31. The van der Waals surface area contributed by atoms with E-state index in [0.29, 0.717) is 5.92 Å². The Hall–Kier alpha value is -0.440. The number of nitrogens with zero attached hydrogens (tertiary/aromatic N) is 2. The van der Waals surface area contributed by atoms with Crippen molar-refractivity contribution in [2.75, 3.05) is 0 Å². The van der Waals surface area contributed by atoms with Crippen LogP contribution in [0.1, 0.15) is 43.7 Å². The third-order valence-electron chi connectivity index (χ3n) is 2.66. The molecule has 0 spiro atoms. The van der Waals surface area contributed by atoms with Gasteiger partial charge in [-0.2, -0.15) is 0 Å². The highest BCUT2D eigenvalue weighted by atomic mass is 79.9. The summed E-state index contributed by atoms with van der Waals surface area (Å²) in [6, 6.07) is 0. The summed E-state index contributed by atoms with van der Waals surface area (Å²) in [6.45, 7) is 0. The van der Waals surface area contributed by atoms with Crippen LogP contribution in [0.2, 0.25) is 0 Å². The zero-order chi connectivity index (χ0) is 9.10. The minimum atomic E-state index is 0.661.